The number of aliphatic hydroxyl groups excluding tert-OH is 1. The highest BCUT2D eigenvalue weighted by atomic mass is 35.5. The molecular weight excluding hydrogens is 426 g/mol. The number of nitrogens with one attached hydrogen (secondary N) is 2. The number of benzene rings is 2. The number of anilines is 2. The number of imidazole rings is 1. The molecule has 0 aliphatic heterocycles. The molecule has 0 bridgehead atoms. The molecule has 0 atom stereocenters. The highest BCUT2D eigenvalue weighted by molar-refractivity contribution is 6.37. The van der Waals surface area contributed by atoms with Crippen molar-refractivity contribution in [1.82, 2.24) is 15.0 Å². The second kappa shape index (κ2) is 10.6. The average molecular weight is 447 g/mol. The first-order valence-corrected chi connectivity index (χ1v) is 9.94. The number of ether oxygens (including phenoxy) is 1. The molecule has 0 aliphatic carbocycles. The van der Waals surface area contributed by atoms with Crippen molar-refractivity contribution in [2.24, 2.45) is 0 Å². The van der Waals surface area contributed by atoms with Crippen molar-refractivity contribution in [1.29, 1.82) is 0 Å². The number of hydrogen-bond donors (Lipinski definition) is 3. The highest BCUT2D eigenvalue weighted by Gasteiger charge is 2.22. The molecule has 0 fully saturated rings. The Hall–Kier alpha value is -2.66. The van der Waals surface area contributed by atoms with Crippen LogP contribution in [0.15, 0.2) is 30.6 Å². The summed E-state index contributed by atoms with van der Waals surface area (Å²) in [6.45, 7) is 2.86. The number of nitrogens with zero attached hydrogens (tertiary/aromatic N) is 2. The number of hydrogen-bond acceptors (Lipinski definition) is 6. The molecule has 1 heterocycles. The zero-order valence-electron chi connectivity index (χ0n) is 16.8. The summed E-state index contributed by atoms with van der Waals surface area (Å²) in [5, 5.41) is 12.0. The van der Waals surface area contributed by atoms with E-state index in [1.165, 1.54) is 18.5 Å². The van der Waals surface area contributed by atoms with Crippen LogP contribution in [0.25, 0.3) is 11.0 Å². The minimum absolute atomic E-state index is 0.0333. The van der Waals surface area contributed by atoms with Crippen molar-refractivity contribution in [3.63, 3.8) is 0 Å². The summed E-state index contributed by atoms with van der Waals surface area (Å²) in [4.78, 5) is 21.8. The van der Waals surface area contributed by atoms with Crippen molar-refractivity contribution in [2.75, 3.05) is 31.7 Å². The minimum atomic E-state index is -0.729. The Morgan fingerprint density at radius 2 is 2.16 bits per heavy atom. The van der Waals surface area contributed by atoms with Crippen LogP contribution in [0.4, 0.5) is 15.8 Å². The molecule has 162 valence electrons. The molecule has 3 aromatic rings. The van der Waals surface area contributed by atoms with Crippen LogP contribution in [0, 0.1) is 5.82 Å². The predicted octanol–water partition coefficient (Wildman–Crippen LogP) is 2.06. The van der Waals surface area contributed by atoms with Gasteiger partial charge in [-0.3, -0.25) is 9.63 Å². The smallest absolute Gasteiger partial charge is 0.277 e. The quantitative estimate of drug-likeness (QED) is 0.251. The summed E-state index contributed by atoms with van der Waals surface area (Å²) in [6.07, 6.45) is 1.48. The van der Waals surface area contributed by atoms with Crippen molar-refractivity contribution < 1.29 is 23.9 Å². The van der Waals surface area contributed by atoms with Crippen molar-refractivity contribution in [2.45, 2.75) is 13.5 Å². The largest absolute Gasteiger partial charge is 0.394 e. The molecule has 0 spiro atoms. The summed E-state index contributed by atoms with van der Waals surface area (Å²) in [5.41, 5.74) is 3.33. The van der Waals surface area contributed by atoms with E-state index in [0.29, 0.717) is 36.4 Å². The van der Waals surface area contributed by atoms with Crippen LogP contribution in [-0.4, -0.2) is 54.8 Å². The maximum atomic E-state index is 15.5. The molecular formula is C20H21BClFN4O4. The van der Waals surface area contributed by atoms with Gasteiger partial charge in [0.15, 0.2) is 5.82 Å². The summed E-state index contributed by atoms with van der Waals surface area (Å²) in [6, 6.07) is 6.18. The number of aromatic nitrogens is 2. The normalized spacial score (nSPS) is 11.1. The van der Waals surface area contributed by atoms with Crippen LogP contribution in [-0.2, 0) is 16.1 Å². The van der Waals surface area contributed by atoms with E-state index >= 15 is 4.39 Å². The third kappa shape index (κ3) is 5.34. The fourth-order valence-corrected chi connectivity index (χ4v) is 3.17. The Bertz CT molecular complexity index is 1080. The molecule has 0 saturated carbocycles. The second-order valence-electron chi connectivity index (χ2n) is 6.48. The molecule has 1 aromatic heterocycles. The van der Waals surface area contributed by atoms with E-state index < -0.39 is 11.7 Å². The number of aliphatic hydroxyl groups is 1. The van der Waals surface area contributed by atoms with Gasteiger partial charge in [-0.25, -0.2) is 14.9 Å². The Kier molecular flexibility index (Phi) is 7.86. The average Bonchev–Trinajstić information content (AvgIpc) is 3.15. The maximum absolute atomic E-state index is 15.5. The zero-order valence-corrected chi connectivity index (χ0v) is 17.6. The molecule has 3 rings (SSSR count). The molecule has 31 heavy (non-hydrogen) atoms. The number of carbonyl (C=O) groups excluding carboxylic acids is 1. The van der Waals surface area contributed by atoms with Gasteiger partial charge in [-0.15, -0.1) is 0 Å². The molecule has 2 aromatic carbocycles. The van der Waals surface area contributed by atoms with Gasteiger partial charge in [0.25, 0.3) is 5.91 Å². The first-order valence-electron chi connectivity index (χ1n) is 9.56. The lowest BCUT2D eigenvalue weighted by atomic mass is 9.96. The molecule has 1 amide bonds. The van der Waals surface area contributed by atoms with Gasteiger partial charge in [-0.2, -0.15) is 0 Å². The maximum Gasteiger partial charge on any atom is 0.277 e. The van der Waals surface area contributed by atoms with Crippen LogP contribution in [0.5, 0.6) is 0 Å². The van der Waals surface area contributed by atoms with E-state index in [0.717, 1.165) is 0 Å². The first-order chi connectivity index (χ1) is 15.0. The van der Waals surface area contributed by atoms with E-state index in [-0.39, 0.29) is 35.0 Å². The minimum Gasteiger partial charge on any atom is -0.394 e. The zero-order chi connectivity index (χ0) is 22.4. The van der Waals surface area contributed by atoms with Gasteiger partial charge >= 0.3 is 0 Å². The third-order valence-corrected chi connectivity index (χ3v) is 4.71. The van der Waals surface area contributed by atoms with Gasteiger partial charge in [0.1, 0.15) is 13.4 Å². The van der Waals surface area contributed by atoms with Crippen LogP contribution in [0.3, 0.4) is 0 Å². The molecule has 11 heteroatoms. The van der Waals surface area contributed by atoms with Crippen molar-refractivity contribution >= 4 is 53.2 Å². The van der Waals surface area contributed by atoms with E-state index in [4.69, 9.17) is 34.1 Å². The number of amides is 1. The number of hydroxylamine groups is 1. The lowest BCUT2D eigenvalue weighted by Gasteiger charge is -2.16. The van der Waals surface area contributed by atoms with Crippen LogP contribution >= 0.6 is 11.6 Å². The molecule has 0 unspecified atom stereocenters. The Balaban J connectivity index is 2.06. The molecule has 3 N–H and O–H groups in total. The van der Waals surface area contributed by atoms with Crippen LogP contribution in [0.2, 0.25) is 5.02 Å². The Morgan fingerprint density at radius 1 is 1.35 bits per heavy atom. The third-order valence-electron chi connectivity index (χ3n) is 4.39. The topological polar surface area (TPSA) is 97.6 Å². The van der Waals surface area contributed by atoms with Gasteiger partial charge < -0.3 is 19.7 Å². The second-order valence-corrected chi connectivity index (χ2v) is 6.89. The van der Waals surface area contributed by atoms with E-state index in [9.17, 15) is 4.79 Å². The van der Waals surface area contributed by atoms with Gasteiger partial charge in [-0.05, 0) is 25.1 Å². The van der Waals surface area contributed by atoms with Crippen LogP contribution in [0.1, 0.15) is 17.3 Å². The molecule has 0 saturated heterocycles. The predicted molar refractivity (Wildman–Crippen MR) is 117 cm³/mol. The lowest BCUT2D eigenvalue weighted by molar-refractivity contribution is 0.0169. The summed E-state index contributed by atoms with van der Waals surface area (Å²) >= 11 is 6.21. The summed E-state index contributed by atoms with van der Waals surface area (Å²) in [5.74, 6) is -1.44. The number of halogens is 2. The Labute approximate surface area is 184 Å². The number of rotatable bonds is 10. The number of carbonyl (C=O) groups is 1. The first kappa shape index (κ1) is 23.0. The summed E-state index contributed by atoms with van der Waals surface area (Å²) in [7, 11) is 5.71. The molecule has 2 radical (unpaired) electrons. The fourth-order valence-electron chi connectivity index (χ4n) is 2.93. The SMILES string of the molecule is [B]c1ccc(Nc2c(C(=O)NOCCO)cc3c(ncn3CCOCC)c2F)c(Cl)c1. The summed E-state index contributed by atoms with van der Waals surface area (Å²) < 4.78 is 22.5. The Morgan fingerprint density at radius 3 is 2.87 bits per heavy atom. The van der Waals surface area contributed by atoms with E-state index in [1.54, 1.807) is 16.7 Å². The standard InChI is InChI=1S/C20H21BClFN4O4/c1-2-30-7-5-27-11-24-19-16(27)10-13(20(29)26-31-8-6-28)18(17(19)23)25-15-4-3-12(21)9-14(15)22/h3-4,9-11,25,28H,2,5-8H2,1H3,(H,26,29). The lowest BCUT2D eigenvalue weighted by Crippen LogP contribution is -2.26. The van der Waals surface area contributed by atoms with E-state index in [1.807, 2.05) is 6.92 Å². The number of fused-ring (bicyclic) bond motifs is 1. The fraction of sp³-hybridized carbons (Fsp3) is 0.300. The highest BCUT2D eigenvalue weighted by Crippen LogP contribution is 2.33. The monoisotopic (exact) mass is 446 g/mol. The molecule has 8 nitrogen and oxygen atoms in total. The van der Waals surface area contributed by atoms with E-state index in [2.05, 4.69) is 15.8 Å². The van der Waals surface area contributed by atoms with Crippen molar-refractivity contribution in [3.05, 3.63) is 47.0 Å². The van der Waals surface area contributed by atoms with Gasteiger partial charge in [-0.1, -0.05) is 23.1 Å². The van der Waals surface area contributed by atoms with Gasteiger partial charge in [0.2, 0.25) is 0 Å². The van der Waals surface area contributed by atoms with Crippen molar-refractivity contribution in [3.8, 4) is 0 Å². The molecule has 0 aliphatic rings. The van der Waals surface area contributed by atoms with Crippen LogP contribution < -0.4 is 16.3 Å². The van der Waals surface area contributed by atoms with Gasteiger partial charge in [0, 0.05) is 13.2 Å². The van der Waals surface area contributed by atoms with Gasteiger partial charge in [0.05, 0.1) is 53.6 Å².